The van der Waals surface area contributed by atoms with Crippen LogP contribution < -0.4 is 25.6 Å². The molecule has 52 heavy (non-hydrogen) atoms. The van der Waals surface area contributed by atoms with E-state index in [2.05, 4.69) is 126 Å². The summed E-state index contributed by atoms with van der Waals surface area (Å²) in [6, 6.07) is 67.7. The van der Waals surface area contributed by atoms with Gasteiger partial charge in [0.15, 0.2) is 25.5 Å². The minimum atomic E-state index is -2.75. The molecule has 244 valence electrons. The number of nitriles is 1. The second-order valence-corrected chi connectivity index (χ2v) is 16.5. The molecule has 0 amide bonds. The SMILES string of the molecule is N#Cc1cc(N2c3ccccc3[Si](c3ccccc3)(c3ccccc3)c3ccccc32)ccc1-c1nc(-c2ccccc2)nc(-c2ccccc2)n1. The van der Waals surface area contributed by atoms with E-state index in [4.69, 9.17) is 15.0 Å². The smallest absolute Gasteiger partial charge is 0.184 e. The third kappa shape index (κ3) is 5.11. The Kier molecular flexibility index (Phi) is 7.81. The Morgan fingerprint density at radius 2 is 0.865 bits per heavy atom. The van der Waals surface area contributed by atoms with Crippen LogP contribution in [0, 0.1) is 11.3 Å². The number of nitrogens with zero attached hydrogens (tertiary/aromatic N) is 5. The van der Waals surface area contributed by atoms with E-state index in [-0.39, 0.29) is 0 Å². The summed E-state index contributed by atoms with van der Waals surface area (Å²) in [5, 5.41) is 16.0. The van der Waals surface area contributed by atoms with Gasteiger partial charge in [0.05, 0.1) is 11.6 Å². The van der Waals surface area contributed by atoms with Crippen molar-refractivity contribution in [3.05, 3.63) is 194 Å². The summed E-state index contributed by atoms with van der Waals surface area (Å²) in [6.07, 6.45) is 0. The van der Waals surface area contributed by atoms with Crippen molar-refractivity contribution in [3.63, 3.8) is 0 Å². The number of benzene rings is 7. The predicted octanol–water partition coefficient (Wildman–Crippen LogP) is 7.90. The van der Waals surface area contributed by atoms with Gasteiger partial charge in [0, 0.05) is 33.8 Å². The van der Waals surface area contributed by atoms with Crippen LogP contribution in [0.3, 0.4) is 0 Å². The zero-order chi connectivity index (χ0) is 34.9. The van der Waals surface area contributed by atoms with Crippen LogP contribution in [0.15, 0.2) is 188 Å². The van der Waals surface area contributed by atoms with Gasteiger partial charge < -0.3 is 4.90 Å². The lowest BCUT2D eigenvalue weighted by Crippen LogP contribution is -2.77. The number of anilines is 3. The highest BCUT2D eigenvalue weighted by molar-refractivity contribution is 7.21. The van der Waals surface area contributed by atoms with Crippen molar-refractivity contribution in [1.29, 1.82) is 5.26 Å². The van der Waals surface area contributed by atoms with Crippen molar-refractivity contribution < 1.29 is 0 Å². The van der Waals surface area contributed by atoms with Crippen LogP contribution in [0.5, 0.6) is 0 Å². The van der Waals surface area contributed by atoms with E-state index in [0.29, 0.717) is 28.6 Å². The third-order valence-corrected chi connectivity index (χ3v) is 14.7. The molecular formula is C46H31N5Si. The first-order chi connectivity index (χ1) is 25.8. The molecule has 1 aliphatic heterocycles. The summed E-state index contributed by atoms with van der Waals surface area (Å²) in [7, 11) is -2.75. The Hall–Kier alpha value is -6.94. The van der Waals surface area contributed by atoms with Crippen LogP contribution in [0.4, 0.5) is 17.1 Å². The van der Waals surface area contributed by atoms with Crippen LogP contribution in [-0.4, -0.2) is 23.0 Å². The second kappa shape index (κ2) is 13.1. The van der Waals surface area contributed by atoms with Gasteiger partial charge in [-0.2, -0.15) is 5.26 Å². The van der Waals surface area contributed by atoms with Gasteiger partial charge in [-0.3, -0.25) is 0 Å². The maximum Gasteiger partial charge on any atom is 0.184 e. The van der Waals surface area contributed by atoms with Gasteiger partial charge in [0.1, 0.15) is 0 Å². The number of aromatic nitrogens is 3. The van der Waals surface area contributed by atoms with Crippen molar-refractivity contribution in [2.24, 2.45) is 0 Å². The fourth-order valence-electron chi connectivity index (χ4n) is 7.58. The third-order valence-electron chi connectivity index (χ3n) is 9.83. The molecule has 0 fully saturated rings. The van der Waals surface area contributed by atoms with E-state index in [0.717, 1.165) is 28.2 Å². The normalized spacial score (nSPS) is 12.7. The summed E-state index contributed by atoms with van der Waals surface area (Å²) in [6.45, 7) is 0. The van der Waals surface area contributed by atoms with Gasteiger partial charge in [-0.15, -0.1) is 0 Å². The monoisotopic (exact) mass is 681 g/mol. The highest BCUT2D eigenvalue weighted by Crippen LogP contribution is 2.40. The van der Waals surface area contributed by atoms with Crippen molar-refractivity contribution in [3.8, 4) is 40.2 Å². The number of fused-ring (bicyclic) bond motifs is 2. The van der Waals surface area contributed by atoms with Crippen molar-refractivity contribution in [2.75, 3.05) is 4.90 Å². The molecule has 0 bridgehead atoms. The zero-order valence-corrected chi connectivity index (χ0v) is 29.1. The predicted molar refractivity (Wildman–Crippen MR) is 213 cm³/mol. The van der Waals surface area contributed by atoms with Crippen LogP contribution >= 0.6 is 0 Å². The molecule has 0 unspecified atom stereocenters. The molecule has 6 heteroatoms. The fraction of sp³-hybridized carbons (Fsp3) is 0. The lowest BCUT2D eigenvalue weighted by atomic mass is 10.0. The van der Waals surface area contributed by atoms with Gasteiger partial charge in [-0.25, -0.2) is 15.0 Å². The summed E-state index contributed by atoms with van der Waals surface area (Å²) >= 11 is 0. The quantitative estimate of drug-likeness (QED) is 0.167. The molecule has 9 rings (SSSR count). The van der Waals surface area contributed by atoms with E-state index >= 15 is 0 Å². The van der Waals surface area contributed by atoms with Crippen LogP contribution in [-0.2, 0) is 0 Å². The minimum absolute atomic E-state index is 0.454. The molecule has 0 atom stereocenters. The van der Waals surface area contributed by atoms with E-state index in [1.165, 1.54) is 20.7 Å². The second-order valence-electron chi connectivity index (χ2n) is 12.7. The first kappa shape index (κ1) is 31.1. The Bertz CT molecular complexity index is 2440. The Morgan fingerprint density at radius 1 is 0.442 bits per heavy atom. The number of rotatable bonds is 6. The average molecular weight is 682 g/mol. The summed E-state index contributed by atoms with van der Waals surface area (Å²) in [4.78, 5) is 17.0. The summed E-state index contributed by atoms with van der Waals surface area (Å²) < 4.78 is 0. The lowest BCUT2D eigenvalue weighted by molar-refractivity contribution is 1.07. The molecule has 1 aromatic heterocycles. The first-order valence-electron chi connectivity index (χ1n) is 17.3. The average Bonchev–Trinajstić information content (AvgIpc) is 3.23. The molecule has 0 aliphatic carbocycles. The van der Waals surface area contributed by atoms with Crippen molar-refractivity contribution in [2.45, 2.75) is 0 Å². The van der Waals surface area contributed by atoms with Gasteiger partial charge in [-0.1, -0.05) is 158 Å². The minimum Gasteiger partial charge on any atom is -0.311 e. The van der Waals surface area contributed by atoms with E-state index < -0.39 is 8.07 Å². The molecule has 8 aromatic rings. The Balaban J connectivity index is 1.24. The van der Waals surface area contributed by atoms with Crippen LogP contribution in [0.25, 0.3) is 34.2 Å². The molecule has 0 saturated carbocycles. The molecule has 2 heterocycles. The molecule has 0 spiro atoms. The Labute approximate surface area is 303 Å². The van der Waals surface area contributed by atoms with Crippen LogP contribution in [0.2, 0.25) is 0 Å². The topological polar surface area (TPSA) is 65.7 Å². The van der Waals surface area contributed by atoms with Gasteiger partial charge in [-0.05, 0) is 51.1 Å². The standard InChI is InChI=1S/C46H31N5Si/c47-32-35-31-36(29-30-39(35)46-49-44(33-17-5-1-6-18-33)48-45(50-46)34-19-7-2-8-20-34)51-40-25-13-15-27-42(40)52(37-21-9-3-10-22-37,38-23-11-4-12-24-38)43-28-16-14-26-41(43)51/h1-31H. The first-order valence-corrected chi connectivity index (χ1v) is 19.3. The maximum absolute atomic E-state index is 10.7. The fourth-order valence-corrected chi connectivity index (χ4v) is 12.7. The molecule has 0 radical (unpaired) electrons. The van der Waals surface area contributed by atoms with Crippen molar-refractivity contribution >= 4 is 45.9 Å². The molecular weight excluding hydrogens is 651 g/mol. The molecule has 1 aliphatic rings. The molecule has 5 nitrogen and oxygen atoms in total. The largest absolute Gasteiger partial charge is 0.311 e. The van der Waals surface area contributed by atoms with Crippen molar-refractivity contribution in [1.82, 2.24) is 15.0 Å². The molecule has 0 N–H and O–H groups in total. The van der Waals surface area contributed by atoms with Gasteiger partial charge in [0.25, 0.3) is 0 Å². The summed E-state index contributed by atoms with van der Waals surface area (Å²) in [5.74, 6) is 1.56. The zero-order valence-electron chi connectivity index (χ0n) is 28.1. The van der Waals surface area contributed by atoms with E-state index in [1.54, 1.807) is 0 Å². The maximum atomic E-state index is 10.7. The summed E-state index contributed by atoms with van der Waals surface area (Å²) in [5.41, 5.74) is 6.00. The highest BCUT2D eigenvalue weighted by atomic mass is 28.3. The number of hydrogen-bond acceptors (Lipinski definition) is 5. The lowest BCUT2D eigenvalue weighted by Gasteiger charge is -2.45. The van der Waals surface area contributed by atoms with Crippen LogP contribution in [0.1, 0.15) is 5.56 Å². The Morgan fingerprint density at radius 3 is 1.35 bits per heavy atom. The molecule has 7 aromatic carbocycles. The van der Waals surface area contributed by atoms with Gasteiger partial charge in [0.2, 0.25) is 0 Å². The van der Waals surface area contributed by atoms with E-state index in [1.807, 2.05) is 72.8 Å². The van der Waals surface area contributed by atoms with Gasteiger partial charge >= 0.3 is 0 Å². The van der Waals surface area contributed by atoms with E-state index in [9.17, 15) is 5.26 Å². The number of para-hydroxylation sites is 2. The highest BCUT2D eigenvalue weighted by Gasteiger charge is 2.48. The molecule has 0 saturated heterocycles. The number of hydrogen-bond donors (Lipinski definition) is 0.